The van der Waals surface area contributed by atoms with Crippen LogP contribution < -0.4 is 10.1 Å². The molecule has 0 aliphatic rings. The lowest BCUT2D eigenvalue weighted by Gasteiger charge is -2.31. The predicted octanol–water partition coefficient (Wildman–Crippen LogP) is 4.19. The fourth-order valence-electron chi connectivity index (χ4n) is 2.60. The number of amides is 2. The van der Waals surface area contributed by atoms with Gasteiger partial charge in [-0.15, -0.1) is 0 Å². The van der Waals surface area contributed by atoms with Crippen LogP contribution in [0.5, 0.6) is 5.75 Å². The third-order valence-corrected chi connectivity index (χ3v) is 4.36. The summed E-state index contributed by atoms with van der Waals surface area (Å²) in [7, 11) is 0. The molecule has 0 aromatic heterocycles. The van der Waals surface area contributed by atoms with Crippen molar-refractivity contribution in [3.05, 3.63) is 64.9 Å². The second kappa shape index (κ2) is 9.74. The first kappa shape index (κ1) is 22.7. The Morgan fingerprint density at radius 1 is 1.10 bits per heavy atom. The molecule has 0 unspecified atom stereocenters. The van der Waals surface area contributed by atoms with Crippen LogP contribution in [0.4, 0.5) is 4.39 Å². The molecule has 156 valence electrons. The Kier molecular flexibility index (Phi) is 7.62. The van der Waals surface area contributed by atoms with Gasteiger partial charge in [-0.3, -0.25) is 9.59 Å². The van der Waals surface area contributed by atoms with Crippen molar-refractivity contribution in [2.24, 2.45) is 0 Å². The van der Waals surface area contributed by atoms with Crippen LogP contribution in [0.2, 0.25) is 5.02 Å². The number of hydrogen-bond donors (Lipinski definition) is 1. The first-order valence-electron chi connectivity index (χ1n) is 9.29. The largest absolute Gasteiger partial charge is 0.484 e. The second-order valence-corrected chi connectivity index (χ2v) is 8.24. The fourth-order valence-corrected chi connectivity index (χ4v) is 2.73. The number of halogens is 2. The standard InChI is InChI=1S/C22H26ClFN2O3/c1-15(21(28)25-22(2,3)4)26(13-16-5-7-17(23)8-6-16)20(27)14-29-19-11-9-18(24)10-12-19/h5-12,15H,13-14H2,1-4H3,(H,25,28)/t15-/m1/s1. The molecule has 0 aliphatic heterocycles. The third kappa shape index (κ3) is 7.38. The van der Waals surface area contributed by atoms with Gasteiger partial charge >= 0.3 is 0 Å². The normalized spacial score (nSPS) is 12.2. The van der Waals surface area contributed by atoms with E-state index in [1.165, 1.54) is 29.2 Å². The van der Waals surface area contributed by atoms with Crippen LogP contribution in [-0.4, -0.2) is 34.9 Å². The average molecular weight is 421 g/mol. The number of benzene rings is 2. The molecule has 0 saturated carbocycles. The van der Waals surface area contributed by atoms with E-state index in [1.54, 1.807) is 31.2 Å². The van der Waals surface area contributed by atoms with Crippen LogP contribution in [0.3, 0.4) is 0 Å². The monoisotopic (exact) mass is 420 g/mol. The zero-order valence-electron chi connectivity index (χ0n) is 17.0. The van der Waals surface area contributed by atoms with Gasteiger partial charge < -0.3 is 15.0 Å². The summed E-state index contributed by atoms with van der Waals surface area (Å²) in [6, 6.07) is 11.8. The zero-order chi connectivity index (χ0) is 21.6. The van der Waals surface area contributed by atoms with E-state index in [2.05, 4.69) is 5.32 Å². The maximum absolute atomic E-state index is 13.0. The summed E-state index contributed by atoms with van der Waals surface area (Å²) < 4.78 is 18.5. The molecule has 2 aromatic rings. The molecule has 2 amide bonds. The number of ether oxygens (including phenoxy) is 1. The smallest absolute Gasteiger partial charge is 0.261 e. The molecular weight excluding hydrogens is 395 g/mol. The van der Waals surface area contributed by atoms with E-state index in [-0.39, 0.29) is 30.8 Å². The molecule has 0 saturated heterocycles. The molecule has 0 fully saturated rings. The van der Waals surface area contributed by atoms with E-state index in [1.807, 2.05) is 20.8 Å². The van der Waals surface area contributed by atoms with Gasteiger partial charge in [-0.05, 0) is 69.7 Å². The maximum atomic E-state index is 13.0. The Hall–Kier alpha value is -2.60. The Bertz CT molecular complexity index is 833. The minimum absolute atomic E-state index is 0.224. The fraction of sp³-hybridized carbons (Fsp3) is 0.364. The molecule has 5 nitrogen and oxygen atoms in total. The minimum Gasteiger partial charge on any atom is -0.484 e. The highest BCUT2D eigenvalue weighted by Crippen LogP contribution is 2.16. The van der Waals surface area contributed by atoms with Gasteiger partial charge in [0, 0.05) is 17.1 Å². The van der Waals surface area contributed by atoms with Crippen LogP contribution in [0, 0.1) is 5.82 Å². The zero-order valence-corrected chi connectivity index (χ0v) is 17.8. The molecule has 0 heterocycles. The van der Waals surface area contributed by atoms with Gasteiger partial charge in [0.2, 0.25) is 5.91 Å². The molecule has 0 spiro atoms. The van der Waals surface area contributed by atoms with Crippen LogP contribution >= 0.6 is 11.6 Å². The van der Waals surface area contributed by atoms with Crippen LogP contribution in [0.25, 0.3) is 0 Å². The molecule has 1 atom stereocenters. The van der Waals surface area contributed by atoms with Crippen molar-refractivity contribution in [2.75, 3.05) is 6.61 Å². The minimum atomic E-state index is -0.714. The van der Waals surface area contributed by atoms with Crippen molar-refractivity contribution >= 4 is 23.4 Å². The highest BCUT2D eigenvalue weighted by molar-refractivity contribution is 6.30. The Labute approximate surface area is 175 Å². The molecule has 2 aromatic carbocycles. The van der Waals surface area contributed by atoms with Crippen molar-refractivity contribution in [3.8, 4) is 5.75 Å². The third-order valence-electron chi connectivity index (χ3n) is 4.11. The lowest BCUT2D eigenvalue weighted by atomic mass is 10.1. The Balaban J connectivity index is 2.15. The van der Waals surface area contributed by atoms with Gasteiger partial charge in [-0.2, -0.15) is 0 Å². The lowest BCUT2D eigenvalue weighted by molar-refractivity contribution is -0.142. The number of nitrogens with zero attached hydrogens (tertiary/aromatic N) is 1. The SMILES string of the molecule is C[C@H](C(=O)NC(C)(C)C)N(Cc1ccc(Cl)cc1)C(=O)COc1ccc(F)cc1. The summed E-state index contributed by atoms with van der Waals surface area (Å²) in [5.74, 6) is -0.638. The molecule has 2 rings (SSSR count). The van der Waals surface area contributed by atoms with Crippen molar-refractivity contribution in [2.45, 2.75) is 45.8 Å². The molecule has 7 heteroatoms. The van der Waals surface area contributed by atoms with Gasteiger partial charge in [-0.25, -0.2) is 4.39 Å². The molecule has 0 radical (unpaired) electrons. The number of rotatable bonds is 7. The van der Waals surface area contributed by atoms with E-state index in [9.17, 15) is 14.0 Å². The molecule has 1 N–H and O–H groups in total. The summed E-state index contributed by atoms with van der Waals surface area (Å²) in [6.45, 7) is 7.25. The molecule has 0 bridgehead atoms. The number of hydrogen-bond acceptors (Lipinski definition) is 3. The summed E-state index contributed by atoms with van der Waals surface area (Å²) in [5.41, 5.74) is 0.408. The van der Waals surface area contributed by atoms with Crippen molar-refractivity contribution in [1.82, 2.24) is 10.2 Å². The average Bonchev–Trinajstić information content (AvgIpc) is 2.65. The van der Waals surface area contributed by atoms with E-state index in [0.29, 0.717) is 10.8 Å². The number of carbonyl (C=O) groups excluding carboxylic acids is 2. The Morgan fingerprint density at radius 3 is 2.24 bits per heavy atom. The van der Waals surface area contributed by atoms with Crippen molar-refractivity contribution in [1.29, 1.82) is 0 Å². The van der Waals surface area contributed by atoms with E-state index in [0.717, 1.165) is 5.56 Å². The summed E-state index contributed by atoms with van der Waals surface area (Å²) in [5, 5.41) is 3.48. The Morgan fingerprint density at radius 2 is 1.69 bits per heavy atom. The van der Waals surface area contributed by atoms with Crippen LogP contribution in [0.1, 0.15) is 33.3 Å². The van der Waals surface area contributed by atoms with E-state index in [4.69, 9.17) is 16.3 Å². The van der Waals surface area contributed by atoms with Crippen LogP contribution in [-0.2, 0) is 16.1 Å². The van der Waals surface area contributed by atoms with Gasteiger partial charge in [0.25, 0.3) is 5.91 Å². The van der Waals surface area contributed by atoms with Gasteiger partial charge in [-0.1, -0.05) is 23.7 Å². The predicted molar refractivity (Wildman–Crippen MR) is 111 cm³/mol. The van der Waals surface area contributed by atoms with Gasteiger partial charge in [0.05, 0.1) is 0 Å². The molecular formula is C22H26ClFN2O3. The maximum Gasteiger partial charge on any atom is 0.261 e. The van der Waals surface area contributed by atoms with Crippen molar-refractivity contribution in [3.63, 3.8) is 0 Å². The first-order valence-corrected chi connectivity index (χ1v) is 9.67. The first-order chi connectivity index (χ1) is 13.5. The lowest BCUT2D eigenvalue weighted by Crippen LogP contribution is -2.53. The molecule has 29 heavy (non-hydrogen) atoms. The quantitative estimate of drug-likeness (QED) is 0.730. The summed E-state index contributed by atoms with van der Waals surface area (Å²) >= 11 is 5.93. The van der Waals surface area contributed by atoms with E-state index >= 15 is 0 Å². The second-order valence-electron chi connectivity index (χ2n) is 7.81. The highest BCUT2D eigenvalue weighted by atomic mass is 35.5. The van der Waals surface area contributed by atoms with Gasteiger partial charge in [0.1, 0.15) is 17.6 Å². The summed E-state index contributed by atoms with van der Waals surface area (Å²) in [4.78, 5) is 27.0. The van der Waals surface area contributed by atoms with Crippen molar-refractivity contribution < 1.29 is 18.7 Å². The summed E-state index contributed by atoms with van der Waals surface area (Å²) in [6.07, 6.45) is 0. The number of nitrogens with one attached hydrogen (secondary N) is 1. The molecule has 0 aliphatic carbocycles. The topological polar surface area (TPSA) is 58.6 Å². The van der Waals surface area contributed by atoms with E-state index < -0.39 is 11.6 Å². The van der Waals surface area contributed by atoms with Crippen LogP contribution in [0.15, 0.2) is 48.5 Å². The highest BCUT2D eigenvalue weighted by Gasteiger charge is 2.28. The van der Waals surface area contributed by atoms with Gasteiger partial charge in [0.15, 0.2) is 6.61 Å². The number of carbonyl (C=O) groups is 2.